The first-order chi connectivity index (χ1) is 8.15. The summed E-state index contributed by atoms with van der Waals surface area (Å²) in [7, 11) is 1.99. The molecule has 0 aliphatic heterocycles. The third kappa shape index (κ3) is 2.99. The second kappa shape index (κ2) is 5.36. The molecule has 17 heavy (non-hydrogen) atoms. The fourth-order valence-corrected chi connectivity index (χ4v) is 3.22. The monoisotopic (exact) mass is 255 g/mol. The first-order valence-electron chi connectivity index (χ1n) is 6.24. The molecule has 1 fully saturated rings. The van der Waals surface area contributed by atoms with E-state index in [-0.39, 0.29) is 5.82 Å². The molecule has 1 N–H and O–H groups in total. The molecule has 0 bridgehead atoms. The van der Waals surface area contributed by atoms with Gasteiger partial charge in [-0.25, -0.2) is 4.39 Å². The van der Waals surface area contributed by atoms with Gasteiger partial charge < -0.3 is 5.32 Å². The number of halogens is 2. The molecule has 0 saturated heterocycles. The van der Waals surface area contributed by atoms with Crippen LogP contribution in [0.4, 0.5) is 4.39 Å². The molecule has 0 radical (unpaired) electrons. The highest BCUT2D eigenvalue weighted by Gasteiger charge is 2.33. The molecule has 0 atom stereocenters. The summed E-state index contributed by atoms with van der Waals surface area (Å²) in [5.74, 6) is -0.257. The first-order valence-corrected chi connectivity index (χ1v) is 6.62. The van der Waals surface area contributed by atoms with Gasteiger partial charge in [0.15, 0.2) is 0 Å². The summed E-state index contributed by atoms with van der Waals surface area (Å²) in [6.07, 6.45) is 6.01. The van der Waals surface area contributed by atoms with Crippen molar-refractivity contribution in [1.29, 1.82) is 0 Å². The van der Waals surface area contributed by atoms with E-state index in [1.807, 2.05) is 13.1 Å². The standard InChI is InChI=1S/C14H19ClFN/c1-17-10-14(6-2-3-7-14)9-11-4-5-12(16)8-13(11)15/h4-5,8,17H,2-3,6-7,9-10H2,1H3. The molecular weight excluding hydrogens is 237 g/mol. The second-order valence-electron chi connectivity index (χ2n) is 5.15. The Morgan fingerprint density at radius 3 is 2.65 bits per heavy atom. The van der Waals surface area contributed by atoms with E-state index >= 15 is 0 Å². The fraction of sp³-hybridized carbons (Fsp3) is 0.571. The van der Waals surface area contributed by atoms with Gasteiger partial charge >= 0.3 is 0 Å². The summed E-state index contributed by atoms with van der Waals surface area (Å²) in [6, 6.07) is 4.75. The summed E-state index contributed by atoms with van der Waals surface area (Å²) in [6.45, 7) is 1.01. The van der Waals surface area contributed by atoms with Crippen molar-refractivity contribution >= 4 is 11.6 Å². The lowest BCUT2D eigenvalue weighted by molar-refractivity contribution is 0.286. The van der Waals surface area contributed by atoms with E-state index < -0.39 is 0 Å². The first kappa shape index (κ1) is 12.8. The van der Waals surface area contributed by atoms with E-state index in [9.17, 15) is 4.39 Å². The van der Waals surface area contributed by atoms with E-state index in [2.05, 4.69) is 5.32 Å². The predicted octanol–water partition coefficient (Wildman–Crippen LogP) is 3.80. The van der Waals surface area contributed by atoms with Gasteiger partial charge in [-0.15, -0.1) is 0 Å². The zero-order valence-corrected chi connectivity index (χ0v) is 11.0. The zero-order chi connectivity index (χ0) is 12.3. The summed E-state index contributed by atoms with van der Waals surface area (Å²) < 4.78 is 13.0. The van der Waals surface area contributed by atoms with Gasteiger partial charge in [0.05, 0.1) is 0 Å². The molecular formula is C14H19ClFN. The molecule has 0 unspecified atom stereocenters. The van der Waals surface area contributed by atoms with Crippen LogP contribution in [0.2, 0.25) is 5.02 Å². The number of rotatable bonds is 4. The van der Waals surface area contributed by atoms with Gasteiger partial charge in [0.2, 0.25) is 0 Å². The van der Waals surface area contributed by atoms with E-state index in [1.54, 1.807) is 0 Å². The molecule has 0 amide bonds. The highest BCUT2D eigenvalue weighted by Crippen LogP contribution is 2.41. The Kier molecular flexibility index (Phi) is 4.05. The van der Waals surface area contributed by atoms with Crippen LogP contribution in [0.5, 0.6) is 0 Å². The SMILES string of the molecule is CNCC1(Cc2ccc(F)cc2Cl)CCCC1. The van der Waals surface area contributed by atoms with E-state index in [0.29, 0.717) is 10.4 Å². The molecule has 94 valence electrons. The lowest BCUT2D eigenvalue weighted by Gasteiger charge is -2.29. The molecule has 0 aromatic heterocycles. The minimum absolute atomic E-state index is 0.257. The Labute approximate surface area is 107 Å². The van der Waals surface area contributed by atoms with Gasteiger partial charge in [-0.3, -0.25) is 0 Å². The van der Waals surface area contributed by atoms with E-state index in [1.165, 1.54) is 37.8 Å². The van der Waals surface area contributed by atoms with Gasteiger partial charge in [-0.05, 0) is 49.4 Å². The maximum Gasteiger partial charge on any atom is 0.124 e. The fourth-order valence-electron chi connectivity index (χ4n) is 2.99. The molecule has 0 spiro atoms. The second-order valence-corrected chi connectivity index (χ2v) is 5.56. The van der Waals surface area contributed by atoms with Crippen molar-refractivity contribution < 1.29 is 4.39 Å². The van der Waals surface area contributed by atoms with Crippen molar-refractivity contribution in [2.75, 3.05) is 13.6 Å². The highest BCUT2D eigenvalue weighted by atomic mass is 35.5. The number of nitrogens with one attached hydrogen (secondary N) is 1. The number of hydrogen-bond donors (Lipinski definition) is 1. The largest absolute Gasteiger partial charge is 0.319 e. The van der Waals surface area contributed by atoms with Crippen molar-refractivity contribution in [3.8, 4) is 0 Å². The highest BCUT2D eigenvalue weighted by molar-refractivity contribution is 6.31. The van der Waals surface area contributed by atoms with Gasteiger partial charge in [0, 0.05) is 11.6 Å². The Bertz CT molecular complexity index is 386. The minimum Gasteiger partial charge on any atom is -0.319 e. The van der Waals surface area contributed by atoms with Crippen molar-refractivity contribution in [2.45, 2.75) is 32.1 Å². The van der Waals surface area contributed by atoms with Crippen LogP contribution < -0.4 is 5.32 Å². The summed E-state index contributed by atoms with van der Waals surface area (Å²) >= 11 is 6.11. The van der Waals surface area contributed by atoms with Crippen LogP contribution >= 0.6 is 11.6 Å². The van der Waals surface area contributed by atoms with Crippen molar-refractivity contribution in [2.24, 2.45) is 5.41 Å². The molecule has 1 aliphatic rings. The van der Waals surface area contributed by atoms with Crippen LogP contribution in [-0.4, -0.2) is 13.6 Å². The van der Waals surface area contributed by atoms with Crippen LogP contribution in [0.1, 0.15) is 31.2 Å². The Hall–Kier alpha value is -0.600. The average Bonchev–Trinajstić information content (AvgIpc) is 2.72. The van der Waals surface area contributed by atoms with Crippen molar-refractivity contribution in [3.05, 3.63) is 34.6 Å². The van der Waals surface area contributed by atoms with Crippen LogP contribution in [0, 0.1) is 11.2 Å². The molecule has 3 heteroatoms. The summed E-state index contributed by atoms with van der Waals surface area (Å²) in [5, 5.41) is 3.85. The molecule has 1 aliphatic carbocycles. The Balaban J connectivity index is 2.17. The molecule has 1 saturated carbocycles. The van der Waals surface area contributed by atoms with E-state index in [4.69, 9.17) is 11.6 Å². The molecule has 1 nitrogen and oxygen atoms in total. The van der Waals surface area contributed by atoms with Crippen LogP contribution in [0.3, 0.4) is 0 Å². The molecule has 2 rings (SSSR count). The molecule has 0 heterocycles. The zero-order valence-electron chi connectivity index (χ0n) is 10.2. The normalized spacial score (nSPS) is 18.5. The van der Waals surface area contributed by atoms with Gasteiger partial charge in [0.1, 0.15) is 5.82 Å². The maximum absolute atomic E-state index is 13.0. The molecule has 1 aromatic carbocycles. The van der Waals surface area contributed by atoms with Crippen LogP contribution in [0.25, 0.3) is 0 Å². The van der Waals surface area contributed by atoms with Gasteiger partial charge in [-0.2, -0.15) is 0 Å². The Morgan fingerprint density at radius 2 is 2.06 bits per heavy atom. The topological polar surface area (TPSA) is 12.0 Å². The van der Waals surface area contributed by atoms with Crippen molar-refractivity contribution in [1.82, 2.24) is 5.32 Å². The average molecular weight is 256 g/mol. The van der Waals surface area contributed by atoms with Crippen LogP contribution in [0.15, 0.2) is 18.2 Å². The lowest BCUT2D eigenvalue weighted by Crippen LogP contribution is -2.32. The summed E-state index contributed by atoms with van der Waals surface area (Å²) in [4.78, 5) is 0. The third-order valence-electron chi connectivity index (χ3n) is 3.80. The van der Waals surface area contributed by atoms with Gasteiger partial charge in [0.25, 0.3) is 0 Å². The Morgan fingerprint density at radius 1 is 1.35 bits per heavy atom. The van der Waals surface area contributed by atoms with Gasteiger partial charge in [-0.1, -0.05) is 30.5 Å². The predicted molar refractivity (Wildman–Crippen MR) is 69.9 cm³/mol. The molecule has 1 aromatic rings. The summed E-state index contributed by atoms with van der Waals surface area (Å²) in [5.41, 5.74) is 1.39. The van der Waals surface area contributed by atoms with Crippen molar-refractivity contribution in [3.63, 3.8) is 0 Å². The maximum atomic E-state index is 13.0. The quantitative estimate of drug-likeness (QED) is 0.863. The minimum atomic E-state index is -0.257. The number of hydrogen-bond acceptors (Lipinski definition) is 1. The number of benzene rings is 1. The lowest BCUT2D eigenvalue weighted by atomic mass is 9.80. The van der Waals surface area contributed by atoms with E-state index in [0.717, 1.165) is 18.5 Å². The smallest absolute Gasteiger partial charge is 0.124 e. The third-order valence-corrected chi connectivity index (χ3v) is 4.15. The van der Waals surface area contributed by atoms with Crippen LogP contribution in [-0.2, 0) is 6.42 Å².